The van der Waals surface area contributed by atoms with Gasteiger partial charge in [0.1, 0.15) is 5.01 Å². The van der Waals surface area contributed by atoms with Gasteiger partial charge in [-0.2, -0.15) is 0 Å². The molecule has 0 unspecified atom stereocenters. The van der Waals surface area contributed by atoms with E-state index in [4.69, 9.17) is 0 Å². The van der Waals surface area contributed by atoms with Crippen molar-refractivity contribution < 1.29 is 14.3 Å². The third-order valence-corrected chi connectivity index (χ3v) is 4.72. The lowest BCUT2D eigenvalue weighted by atomic mass is 10.1. The second-order valence-electron chi connectivity index (χ2n) is 5.92. The lowest BCUT2D eigenvalue weighted by Crippen LogP contribution is -2.31. The highest BCUT2D eigenvalue weighted by atomic mass is 32.1. The molecule has 1 heterocycles. The lowest BCUT2D eigenvalue weighted by molar-refractivity contribution is 0.0594. The summed E-state index contributed by atoms with van der Waals surface area (Å²) in [5, 5.41) is 2.40. The first-order valence-corrected chi connectivity index (χ1v) is 9.31. The molecule has 1 amide bonds. The standard InChI is InChI=1S/C19H24N2O3S/c1-4-5-6-11-21(18(22)15-9-7-14(2)8-10-15)12-17-20-16(13-25-17)19(23)24-3/h7-10,13H,4-6,11-12H2,1-3H3. The molecule has 25 heavy (non-hydrogen) atoms. The predicted molar refractivity (Wildman–Crippen MR) is 98.9 cm³/mol. The molecule has 0 radical (unpaired) electrons. The number of esters is 1. The number of rotatable bonds is 8. The topological polar surface area (TPSA) is 59.5 Å². The van der Waals surface area contributed by atoms with Gasteiger partial charge in [0.2, 0.25) is 0 Å². The summed E-state index contributed by atoms with van der Waals surface area (Å²) in [6, 6.07) is 7.59. The third kappa shape index (κ3) is 5.39. The van der Waals surface area contributed by atoms with Crippen molar-refractivity contribution in [1.29, 1.82) is 0 Å². The zero-order valence-corrected chi connectivity index (χ0v) is 15.8. The van der Waals surface area contributed by atoms with Crippen molar-refractivity contribution in [3.8, 4) is 0 Å². The number of carbonyl (C=O) groups excluding carboxylic acids is 2. The molecule has 0 N–H and O–H groups in total. The molecule has 0 atom stereocenters. The number of aromatic nitrogens is 1. The maximum Gasteiger partial charge on any atom is 0.357 e. The summed E-state index contributed by atoms with van der Waals surface area (Å²) in [6.45, 7) is 5.21. The van der Waals surface area contributed by atoms with Crippen molar-refractivity contribution in [2.45, 2.75) is 39.7 Å². The maximum absolute atomic E-state index is 12.9. The predicted octanol–water partition coefficient (Wildman–Crippen LogP) is 4.07. The van der Waals surface area contributed by atoms with Gasteiger partial charge in [-0.3, -0.25) is 4.79 Å². The van der Waals surface area contributed by atoms with Crippen LogP contribution in [-0.4, -0.2) is 35.4 Å². The molecular formula is C19H24N2O3S. The molecule has 134 valence electrons. The molecule has 0 saturated heterocycles. The zero-order valence-electron chi connectivity index (χ0n) is 14.9. The number of unbranched alkanes of at least 4 members (excludes halogenated alkanes) is 2. The van der Waals surface area contributed by atoms with Gasteiger partial charge in [-0.1, -0.05) is 37.5 Å². The molecule has 2 rings (SSSR count). The molecule has 0 aliphatic heterocycles. The number of thiazole rings is 1. The number of amides is 1. The molecule has 2 aromatic rings. The molecule has 1 aromatic heterocycles. The summed E-state index contributed by atoms with van der Waals surface area (Å²) in [6.07, 6.45) is 3.11. The fraction of sp³-hybridized carbons (Fsp3) is 0.421. The Balaban J connectivity index is 2.14. The van der Waals surface area contributed by atoms with Gasteiger partial charge in [-0.05, 0) is 25.5 Å². The van der Waals surface area contributed by atoms with E-state index in [0.29, 0.717) is 24.3 Å². The largest absolute Gasteiger partial charge is 0.464 e. The monoisotopic (exact) mass is 360 g/mol. The van der Waals surface area contributed by atoms with E-state index in [2.05, 4.69) is 16.6 Å². The number of ether oxygens (including phenoxy) is 1. The minimum absolute atomic E-state index is 0.00841. The first-order chi connectivity index (χ1) is 12.0. The van der Waals surface area contributed by atoms with Gasteiger partial charge in [0, 0.05) is 17.5 Å². The van der Waals surface area contributed by atoms with Crippen LogP contribution in [0.1, 0.15) is 57.6 Å². The highest BCUT2D eigenvalue weighted by molar-refractivity contribution is 7.09. The van der Waals surface area contributed by atoms with Crippen molar-refractivity contribution >= 4 is 23.2 Å². The summed E-state index contributed by atoms with van der Waals surface area (Å²) in [5.74, 6) is -0.462. The molecule has 6 heteroatoms. The van der Waals surface area contributed by atoms with Gasteiger partial charge in [0.25, 0.3) is 5.91 Å². The number of methoxy groups -OCH3 is 1. The van der Waals surface area contributed by atoms with E-state index in [1.165, 1.54) is 18.4 Å². The fourth-order valence-corrected chi connectivity index (χ4v) is 3.21. The lowest BCUT2D eigenvalue weighted by Gasteiger charge is -2.22. The van der Waals surface area contributed by atoms with Crippen molar-refractivity contribution in [2.75, 3.05) is 13.7 Å². The van der Waals surface area contributed by atoms with E-state index >= 15 is 0 Å². The smallest absolute Gasteiger partial charge is 0.357 e. The van der Waals surface area contributed by atoms with Crippen LogP contribution in [-0.2, 0) is 11.3 Å². The second kappa shape index (κ2) is 9.32. The van der Waals surface area contributed by atoms with Crippen LogP contribution >= 0.6 is 11.3 Å². The Morgan fingerprint density at radius 1 is 1.20 bits per heavy atom. The van der Waals surface area contributed by atoms with Crippen molar-refractivity contribution in [3.63, 3.8) is 0 Å². The van der Waals surface area contributed by atoms with E-state index in [9.17, 15) is 9.59 Å². The van der Waals surface area contributed by atoms with E-state index < -0.39 is 5.97 Å². The van der Waals surface area contributed by atoms with Crippen LogP contribution in [0.25, 0.3) is 0 Å². The summed E-state index contributed by atoms with van der Waals surface area (Å²) < 4.78 is 4.69. The average Bonchev–Trinajstić information content (AvgIpc) is 3.09. The fourth-order valence-electron chi connectivity index (χ4n) is 2.43. The van der Waals surface area contributed by atoms with Crippen molar-refractivity contribution in [3.05, 3.63) is 51.5 Å². The normalized spacial score (nSPS) is 10.5. The molecule has 0 aliphatic rings. The van der Waals surface area contributed by atoms with Gasteiger partial charge >= 0.3 is 5.97 Å². The van der Waals surface area contributed by atoms with E-state index in [1.807, 2.05) is 31.2 Å². The number of hydrogen-bond donors (Lipinski definition) is 0. The molecule has 0 spiro atoms. The van der Waals surface area contributed by atoms with Gasteiger partial charge in [-0.25, -0.2) is 9.78 Å². The molecule has 0 bridgehead atoms. The van der Waals surface area contributed by atoms with Gasteiger partial charge in [0.15, 0.2) is 5.69 Å². The molecule has 0 aliphatic carbocycles. The Morgan fingerprint density at radius 3 is 2.56 bits per heavy atom. The number of benzene rings is 1. The highest BCUT2D eigenvalue weighted by Gasteiger charge is 2.18. The third-order valence-electron chi connectivity index (χ3n) is 3.89. The summed E-state index contributed by atoms with van der Waals surface area (Å²) in [4.78, 5) is 30.5. The summed E-state index contributed by atoms with van der Waals surface area (Å²) >= 11 is 1.37. The van der Waals surface area contributed by atoms with Crippen LogP contribution < -0.4 is 0 Å². The highest BCUT2D eigenvalue weighted by Crippen LogP contribution is 2.16. The van der Waals surface area contributed by atoms with Crippen LogP contribution in [0, 0.1) is 6.92 Å². The molecule has 5 nitrogen and oxygen atoms in total. The Kier molecular flexibility index (Phi) is 7.13. The van der Waals surface area contributed by atoms with Crippen LogP contribution in [0.4, 0.5) is 0 Å². The number of carbonyl (C=O) groups is 2. The van der Waals surface area contributed by atoms with Crippen LogP contribution in [0.3, 0.4) is 0 Å². The number of hydrogen-bond acceptors (Lipinski definition) is 5. The van der Waals surface area contributed by atoms with E-state index in [-0.39, 0.29) is 5.91 Å². The van der Waals surface area contributed by atoms with Crippen molar-refractivity contribution in [2.24, 2.45) is 0 Å². The minimum Gasteiger partial charge on any atom is -0.464 e. The van der Waals surface area contributed by atoms with Crippen molar-refractivity contribution in [1.82, 2.24) is 9.88 Å². The van der Waals surface area contributed by atoms with E-state index in [1.54, 1.807) is 10.3 Å². The summed E-state index contributed by atoms with van der Waals surface area (Å²) in [7, 11) is 1.33. The minimum atomic E-state index is -0.454. The SMILES string of the molecule is CCCCCN(Cc1nc(C(=O)OC)cs1)C(=O)c1ccc(C)cc1. The molecule has 0 saturated carbocycles. The Hall–Kier alpha value is -2.21. The second-order valence-corrected chi connectivity index (χ2v) is 6.86. The van der Waals surface area contributed by atoms with Crippen LogP contribution in [0.15, 0.2) is 29.6 Å². The zero-order chi connectivity index (χ0) is 18.2. The molecular weight excluding hydrogens is 336 g/mol. The Bertz CT molecular complexity index is 710. The molecule has 1 aromatic carbocycles. The summed E-state index contributed by atoms with van der Waals surface area (Å²) in [5.41, 5.74) is 2.09. The van der Waals surface area contributed by atoms with Gasteiger partial charge in [-0.15, -0.1) is 11.3 Å². The average molecular weight is 360 g/mol. The first-order valence-electron chi connectivity index (χ1n) is 8.43. The van der Waals surface area contributed by atoms with Gasteiger partial charge < -0.3 is 9.64 Å². The Morgan fingerprint density at radius 2 is 1.92 bits per heavy atom. The Labute approximate surface area is 152 Å². The first kappa shape index (κ1) is 19.1. The molecule has 0 fully saturated rings. The van der Waals surface area contributed by atoms with Crippen LogP contribution in [0.2, 0.25) is 0 Å². The number of aryl methyl sites for hydroxylation is 1. The maximum atomic E-state index is 12.9. The quantitative estimate of drug-likeness (QED) is 0.526. The van der Waals surface area contributed by atoms with E-state index in [0.717, 1.165) is 29.8 Å². The van der Waals surface area contributed by atoms with Gasteiger partial charge in [0.05, 0.1) is 13.7 Å². The number of nitrogens with zero attached hydrogens (tertiary/aromatic N) is 2. The van der Waals surface area contributed by atoms with Crippen LogP contribution in [0.5, 0.6) is 0 Å².